The molecule has 1 aromatic carbocycles. The van der Waals surface area contributed by atoms with Crippen molar-refractivity contribution in [3.05, 3.63) is 95.3 Å². The largest absolute Gasteiger partial charge is 0.459 e. The Labute approximate surface area is 191 Å². The van der Waals surface area contributed by atoms with Crippen molar-refractivity contribution in [1.82, 2.24) is 20.1 Å². The van der Waals surface area contributed by atoms with Crippen molar-refractivity contribution in [2.45, 2.75) is 19.6 Å². The molecule has 2 amide bonds. The lowest BCUT2D eigenvalue weighted by molar-refractivity contribution is -0.137. The quantitative estimate of drug-likeness (QED) is 0.437. The Kier molecular flexibility index (Phi) is 6.17. The molecule has 0 fully saturated rings. The first-order valence-electron chi connectivity index (χ1n) is 10.0. The van der Waals surface area contributed by atoms with E-state index in [4.69, 9.17) is 4.42 Å². The summed E-state index contributed by atoms with van der Waals surface area (Å²) in [6, 6.07) is 12.2. The number of carbonyl (C=O) groups is 2. The number of hydrogen-bond donors (Lipinski definition) is 2. The molecule has 0 bridgehead atoms. The Hall–Kier alpha value is -4.41. The van der Waals surface area contributed by atoms with Crippen molar-refractivity contribution in [2.75, 3.05) is 5.32 Å². The van der Waals surface area contributed by atoms with Crippen molar-refractivity contribution >= 4 is 17.5 Å². The van der Waals surface area contributed by atoms with Crippen LogP contribution in [-0.2, 0) is 12.7 Å². The topological polar surface area (TPSA) is 102 Å². The van der Waals surface area contributed by atoms with Crippen LogP contribution in [-0.4, -0.2) is 26.6 Å². The number of benzene rings is 1. The highest BCUT2D eigenvalue weighted by atomic mass is 19.4. The number of rotatable bonds is 6. The van der Waals surface area contributed by atoms with Gasteiger partial charge in [-0.05, 0) is 48.9 Å². The molecule has 0 saturated carbocycles. The van der Waals surface area contributed by atoms with E-state index in [9.17, 15) is 22.8 Å². The fourth-order valence-electron chi connectivity index (χ4n) is 3.18. The third-order valence-corrected chi connectivity index (χ3v) is 4.93. The van der Waals surface area contributed by atoms with Crippen molar-refractivity contribution in [2.24, 2.45) is 0 Å². The number of hydrogen-bond acceptors (Lipinski definition) is 5. The van der Waals surface area contributed by atoms with E-state index in [1.807, 2.05) is 0 Å². The molecule has 0 spiro atoms. The van der Waals surface area contributed by atoms with Crippen LogP contribution in [0, 0.1) is 6.92 Å². The Bertz CT molecular complexity index is 1310. The van der Waals surface area contributed by atoms with Crippen LogP contribution in [0.2, 0.25) is 0 Å². The fraction of sp³-hybridized carbons (Fsp3) is 0.130. The van der Waals surface area contributed by atoms with E-state index in [2.05, 4.69) is 20.7 Å². The van der Waals surface area contributed by atoms with E-state index in [1.54, 1.807) is 43.3 Å². The molecule has 0 radical (unpaired) electrons. The molecule has 0 aliphatic heterocycles. The average molecular weight is 469 g/mol. The molecule has 0 atom stereocenters. The maximum Gasteiger partial charge on any atom is 0.417 e. The number of nitrogens with zero attached hydrogens (tertiary/aromatic N) is 3. The lowest BCUT2D eigenvalue weighted by Gasteiger charge is -2.09. The average Bonchev–Trinajstić information content (AvgIpc) is 3.47. The van der Waals surface area contributed by atoms with Gasteiger partial charge in [0.25, 0.3) is 11.8 Å². The second kappa shape index (κ2) is 9.22. The summed E-state index contributed by atoms with van der Waals surface area (Å²) in [6.07, 6.45) is -1.05. The molecule has 0 saturated heterocycles. The monoisotopic (exact) mass is 469 g/mol. The number of alkyl halides is 3. The highest BCUT2D eigenvalue weighted by Gasteiger charge is 2.30. The summed E-state index contributed by atoms with van der Waals surface area (Å²) in [4.78, 5) is 28.6. The third kappa shape index (κ3) is 4.98. The van der Waals surface area contributed by atoms with Crippen LogP contribution in [0.3, 0.4) is 0 Å². The predicted molar refractivity (Wildman–Crippen MR) is 115 cm³/mol. The number of anilines is 1. The second-order valence-corrected chi connectivity index (χ2v) is 7.27. The number of furan rings is 1. The predicted octanol–water partition coefficient (Wildman–Crippen LogP) is 4.37. The SMILES string of the molecule is Cc1c(C(=O)NCc2cccc(NC(=O)c3ccco3)c2)cnn1-c1ccc(C(F)(F)F)cn1. The zero-order valence-electron chi connectivity index (χ0n) is 17.8. The van der Waals surface area contributed by atoms with Crippen molar-refractivity contribution in [3.63, 3.8) is 0 Å². The summed E-state index contributed by atoms with van der Waals surface area (Å²) in [5.41, 5.74) is 1.07. The number of amides is 2. The van der Waals surface area contributed by atoms with Gasteiger partial charge in [0, 0.05) is 18.4 Å². The molecule has 4 rings (SSSR count). The highest BCUT2D eigenvalue weighted by molar-refractivity contribution is 6.02. The van der Waals surface area contributed by atoms with Gasteiger partial charge in [0.1, 0.15) is 0 Å². The summed E-state index contributed by atoms with van der Waals surface area (Å²) in [5.74, 6) is -0.481. The van der Waals surface area contributed by atoms with Crippen LogP contribution < -0.4 is 10.6 Å². The van der Waals surface area contributed by atoms with Gasteiger partial charge in [0.2, 0.25) is 0 Å². The van der Waals surface area contributed by atoms with Crippen molar-refractivity contribution < 1.29 is 27.2 Å². The number of nitrogens with one attached hydrogen (secondary N) is 2. The van der Waals surface area contributed by atoms with Crippen LogP contribution in [0.5, 0.6) is 0 Å². The van der Waals surface area contributed by atoms with E-state index >= 15 is 0 Å². The number of halogens is 3. The van der Waals surface area contributed by atoms with E-state index in [-0.39, 0.29) is 23.7 Å². The lowest BCUT2D eigenvalue weighted by Crippen LogP contribution is -2.23. The minimum atomic E-state index is -4.49. The number of pyridine rings is 1. The molecular weight excluding hydrogens is 451 g/mol. The first-order valence-corrected chi connectivity index (χ1v) is 10.0. The molecule has 11 heteroatoms. The van der Waals surface area contributed by atoms with Gasteiger partial charge in [-0.15, -0.1) is 0 Å². The van der Waals surface area contributed by atoms with E-state index < -0.39 is 23.6 Å². The van der Waals surface area contributed by atoms with Crippen LogP contribution in [0.1, 0.15) is 37.7 Å². The second-order valence-electron chi connectivity index (χ2n) is 7.27. The minimum absolute atomic E-state index is 0.157. The molecule has 0 aliphatic carbocycles. The van der Waals surface area contributed by atoms with E-state index in [0.717, 1.165) is 11.6 Å². The van der Waals surface area contributed by atoms with Crippen LogP contribution >= 0.6 is 0 Å². The summed E-state index contributed by atoms with van der Waals surface area (Å²) >= 11 is 0. The maximum absolute atomic E-state index is 12.7. The van der Waals surface area contributed by atoms with Gasteiger partial charge in [0.05, 0.1) is 29.3 Å². The van der Waals surface area contributed by atoms with Gasteiger partial charge in [-0.2, -0.15) is 18.3 Å². The first kappa shape index (κ1) is 22.8. The smallest absolute Gasteiger partial charge is 0.417 e. The summed E-state index contributed by atoms with van der Waals surface area (Å²) in [5, 5.41) is 9.56. The molecular formula is C23H18F3N5O3. The lowest BCUT2D eigenvalue weighted by atomic mass is 10.2. The van der Waals surface area contributed by atoms with Gasteiger partial charge in [-0.1, -0.05) is 12.1 Å². The summed E-state index contributed by atoms with van der Waals surface area (Å²) < 4.78 is 44.6. The Morgan fingerprint density at radius 3 is 2.56 bits per heavy atom. The molecule has 0 unspecified atom stereocenters. The molecule has 4 aromatic rings. The molecule has 34 heavy (non-hydrogen) atoms. The van der Waals surface area contributed by atoms with Gasteiger partial charge in [0.15, 0.2) is 11.6 Å². The maximum atomic E-state index is 12.7. The highest BCUT2D eigenvalue weighted by Crippen LogP contribution is 2.28. The van der Waals surface area contributed by atoms with Gasteiger partial charge >= 0.3 is 6.18 Å². The van der Waals surface area contributed by atoms with Crippen LogP contribution in [0.15, 0.2) is 71.6 Å². The zero-order chi connectivity index (χ0) is 24.3. The Balaban J connectivity index is 1.41. The van der Waals surface area contributed by atoms with Crippen LogP contribution in [0.25, 0.3) is 5.82 Å². The number of carbonyl (C=O) groups excluding carboxylic acids is 2. The molecule has 8 nitrogen and oxygen atoms in total. The van der Waals surface area contributed by atoms with Gasteiger partial charge < -0.3 is 15.1 Å². The summed E-state index contributed by atoms with van der Waals surface area (Å²) in [7, 11) is 0. The van der Waals surface area contributed by atoms with Gasteiger partial charge in [-0.3, -0.25) is 9.59 Å². The molecule has 3 heterocycles. The minimum Gasteiger partial charge on any atom is -0.459 e. The molecule has 3 aromatic heterocycles. The summed E-state index contributed by atoms with van der Waals surface area (Å²) in [6.45, 7) is 1.79. The normalized spacial score (nSPS) is 11.3. The zero-order valence-corrected chi connectivity index (χ0v) is 17.8. The first-order chi connectivity index (χ1) is 16.2. The molecule has 2 N–H and O–H groups in total. The van der Waals surface area contributed by atoms with Crippen LogP contribution in [0.4, 0.5) is 18.9 Å². The standard InChI is InChI=1S/C23H18F3N5O3/c1-14-18(13-29-31(14)20-8-7-16(12-27-20)23(24,25)26)21(32)28-11-15-4-2-5-17(10-15)30-22(33)19-6-3-9-34-19/h2-10,12-13H,11H2,1H3,(H,28,32)(H,30,33). The van der Waals surface area contributed by atoms with Crippen molar-refractivity contribution in [1.29, 1.82) is 0 Å². The van der Waals surface area contributed by atoms with Crippen molar-refractivity contribution in [3.8, 4) is 5.82 Å². The fourth-order valence-corrected chi connectivity index (χ4v) is 3.18. The van der Waals surface area contributed by atoms with E-state index in [1.165, 1.54) is 23.2 Å². The van der Waals surface area contributed by atoms with E-state index in [0.29, 0.717) is 17.6 Å². The number of aromatic nitrogens is 3. The Morgan fingerprint density at radius 2 is 1.88 bits per heavy atom. The third-order valence-electron chi connectivity index (χ3n) is 4.93. The molecule has 174 valence electrons. The molecule has 0 aliphatic rings. The van der Waals surface area contributed by atoms with Gasteiger partial charge in [-0.25, -0.2) is 9.67 Å². The Morgan fingerprint density at radius 1 is 1.06 bits per heavy atom.